The molecule has 4 heteroatoms. The highest BCUT2D eigenvalue weighted by atomic mass is 31.2. The first-order valence-electron chi connectivity index (χ1n) is 16.1. The molecule has 0 saturated heterocycles. The van der Waals surface area contributed by atoms with E-state index in [2.05, 4.69) is 13.8 Å². The van der Waals surface area contributed by atoms with Gasteiger partial charge in [-0.15, -0.1) is 0 Å². The molecule has 0 saturated carbocycles. The van der Waals surface area contributed by atoms with E-state index in [9.17, 15) is 0 Å². The predicted molar refractivity (Wildman–Crippen MR) is 170 cm³/mol. The molecule has 0 amide bonds. The summed E-state index contributed by atoms with van der Waals surface area (Å²) in [5, 5.41) is 0. The Bertz CT molecular complexity index is 726. The molecule has 0 radical (unpaired) electrons. The van der Waals surface area contributed by atoms with Crippen molar-refractivity contribution in [2.24, 2.45) is 5.92 Å². The maximum absolute atomic E-state index is 6.01. The van der Waals surface area contributed by atoms with Crippen molar-refractivity contribution in [1.82, 2.24) is 0 Å². The Hall–Kier alpha value is -1.57. The minimum atomic E-state index is -1.46. The van der Waals surface area contributed by atoms with Gasteiger partial charge in [-0.1, -0.05) is 166 Å². The largest absolute Gasteiger partial charge is 0.463 e. The van der Waals surface area contributed by atoms with Crippen molar-refractivity contribution in [2.75, 3.05) is 6.61 Å². The topological polar surface area (TPSA) is 27.7 Å². The summed E-state index contributed by atoms with van der Waals surface area (Å²) >= 11 is 0. The van der Waals surface area contributed by atoms with Crippen LogP contribution in [0.15, 0.2) is 60.7 Å². The van der Waals surface area contributed by atoms with Gasteiger partial charge in [0.25, 0.3) is 0 Å². The van der Waals surface area contributed by atoms with E-state index in [1.165, 1.54) is 116 Å². The molecule has 0 unspecified atom stereocenters. The Morgan fingerprint density at radius 1 is 0.462 bits per heavy atom. The Morgan fingerprint density at radius 3 is 1.15 bits per heavy atom. The average molecular weight is 557 g/mol. The van der Waals surface area contributed by atoms with Crippen molar-refractivity contribution in [2.45, 2.75) is 136 Å². The Labute approximate surface area is 242 Å². The molecule has 2 rings (SSSR count). The van der Waals surface area contributed by atoms with E-state index >= 15 is 0 Å². The standard InChI is InChI=1S/C35H57O3P/c1-33(2)27-21-17-15-13-11-9-7-5-3-4-6-8-10-12-14-16-18-26-32-36-39(37-34-28-22-19-23-29-34)38-35-30-24-20-25-31-35/h19-20,22-25,28-31,33H,3-18,21,26-27,32H2,1-2H3. The van der Waals surface area contributed by atoms with Crippen LogP contribution in [-0.4, -0.2) is 6.61 Å². The Balaban J connectivity index is 1.36. The van der Waals surface area contributed by atoms with Gasteiger partial charge in [-0.05, 0) is 36.6 Å². The van der Waals surface area contributed by atoms with Gasteiger partial charge < -0.3 is 9.05 Å². The number of rotatable bonds is 26. The highest BCUT2D eigenvalue weighted by Crippen LogP contribution is 2.41. The third-order valence-corrected chi connectivity index (χ3v) is 8.33. The van der Waals surface area contributed by atoms with E-state index < -0.39 is 8.60 Å². The van der Waals surface area contributed by atoms with Crippen molar-refractivity contribution in [1.29, 1.82) is 0 Å². The van der Waals surface area contributed by atoms with Crippen LogP contribution in [0.5, 0.6) is 11.5 Å². The molecular formula is C35H57O3P. The SMILES string of the molecule is CC(C)CCCCCCCCCCCCCCCCCCCCOP(Oc1ccccc1)Oc1ccccc1. The van der Waals surface area contributed by atoms with Gasteiger partial charge in [0.1, 0.15) is 11.5 Å². The monoisotopic (exact) mass is 556 g/mol. The fourth-order valence-electron chi connectivity index (χ4n) is 4.83. The van der Waals surface area contributed by atoms with Crippen LogP contribution in [0, 0.1) is 5.92 Å². The molecule has 0 aromatic heterocycles. The third kappa shape index (κ3) is 20.0. The highest BCUT2D eigenvalue weighted by Gasteiger charge is 2.17. The Morgan fingerprint density at radius 2 is 0.795 bits per heavy atom. The van der Waals surface area contributed by atoms with E-state index in [0.29, 0.717) is 6.61 Å². The summed E-state index contributed by atoms with van der Waals surface area (Å²) in [7, 11) is -1.46. The van der Waals surface area contributed by atoms with Gasteiger partial charge >= 0.3 is 8.60 Å². The molecule has 0 aliphatic carbocycles. The summed E-state index contributed by atoms with van der Waals surface area (Å²) in [5.74, 6) is 2.43. The molecule has 2 aromatic rings. The normalized spacial score (nSPS) is 11.4. The summed E-state index contributed by atoms with van der Waals surface area (Å²) in [6.07, 6.45) is 26.4. The second-order valence-corrected chi connectivity index (χ2v) is 12.5. The lowest BCUT2D eigenvalue weighted by Gasteiger charge is -2.17. The number of hydrogen-bond donors (Lipinski definition) is 0. The van der Waals surface area contributed by atoms with Gasteiger partial charge in [-0.3, -0.25) is 4.52 Å². The molecule has 0 spiro atoms. The molecule has 39 heavy (non-hydrogen) atoms. The summed E-state index contributed by atoms with van der Waals surface area (Å²) in [6, 6.07) is 19.6. The van der Waals surface area contributed by atoms with Crippen LogP contribution in [0.4, 0.5) is 0 Å². The van der Waals surface area contributed by atoms with Crippen LogP contribution in [-0.2, 0) is 4.52 Å². The lowest BCUT2D eigenvalue weighted by molar-refractivity contribution is 0.258. The number of para-hydroxylation sites is 2. The van der Waals surface area contributed by atoms with E-state index in [1.54, 1.807) is 0 Å². The molecular weight excluding hydrogens is 499 g/mol. The fraction of sp³-hybridized carbons (Fsp3) is 0.657. The van der Waals surface area contributed by atoms with E-state index in [1.807, 2.05) is 60.7 Å². The highest BCUT2D eigenvalue weighted by molar-refractivity contribution is 7.42. The molecule has 0 aliphatic heterocycles. The minimum Gasteiger partial charge on any atom is -0.418 e. The first-order chi connectivity index (χ1) is 19.2. The smallest absolute Gasteiger partial charge is 0.418 e. The van der Waals surface area contributed by atoms with E-state index in [-0.39, 0.29) is 0 Å². The lowest BCUT2D eigenvalue weighted by Crippen LogP contribution is -2.01. The van der Waals surface area contributed by atoms with Crippen molar-refractivity contribution in [3.05, 3.63) is 60.7 Å². The zero-order valence-electron chi connectivity index (χ0n) is 25.2. The second-order valence-electron chi connectivity index (χ2n) is 11.4. The van der Waals surface area contributed by atoms with Crippen LogP contribution in [0.3, 0.4) is 0 Å². The minimum absolute atomic E-state index is 0.670. The van der Waals surface area contributed by atoms with Crippen molar-refractivity contribution in [3.8, 4) is 11.5 Å². The van der Waals surface area contributed by atoms with Crippen LogP contribution in [0.1, 0.15) is 136 Å². The molecule has 0 atom stereocenters. The second kappa shape index (κ2) is 24.2. The predicted octanol–water partition coefficient (Wildman–Crippen LogP) is 12.5. The molecule has 0 aliphatic rings. The number of benzene rings is 2. The number of unbranched alkanes of at least 4 members (excludes halogenated alkanes) is 17. The van der Waals surface area contributed by atoms with Gasteiger partial charge in [0.05, 0.1) is 6.61 Å². The average Bonchev–Trinajstić information content (AvgIpc) is 2.94. The maximum atomic E-state index is 6.01. The van der Waals surface area contributed by atoms with Crippen LogP contribution in [0.25, 0.3) is 0 Å². The van der Waals surface area contributed by atoms with Crippen LogP contribution < -0.4 is 9.05 Å². The van der Waals surface area contributed by atoms with Crippen LogP contribution >= 0.6 is 8.60 Å². The van der Waals surface area contributed by atoms with Gasteiger partial charge in [-0.2, -0.15) is 0 Å². The molecule has 220 valence electrons. The van der Waals surface area contributed by atoms with Crippen molar-refractivity contribution < 1.29 is 13.6 Å². The quantitative estimate of drug-likeness (QED) is 0.0852. The summed E-state index contributed by atoms with van der Waals surface area (Å²) in [5.41, 5.74) is 0. The van der Waals surface area contributed by atoms with E-state index in [0.717, 1.165) is 23.8 Å². The third-order valence-electron chi connectivity index (χ3n) is 7.22. The first kappa shape index (κ1) is 33.6. The Kier molecular flexibility index (Phi) is 20.9. The van der Waals surface area contributed by atoms with Crippen LogP contribution in [0.2, 0.25) is 0 Å². The summed E-state index contributed by atoms with van der Waals surface area (Å²) in [4.78, 5) is 0. The van der Waals surface area contributed by atoms with Crippen molar-refractivity contribution >= 4 is 8.60 Å². The molecule has 0 bridgehead atoms. The lowest BCUT2D eigenvalue weighted by atomic mass is 10.0. The molecule has 2 aromatic carbocycles. The molecule has 3 nitrogen and oxygen atoms in total. The van der Waals surface area contributed by atoms with Gasteiger partial charge in [-0.25, -0.2) is 0 Å². The van der Waals surface area contributed by atoms with Gasteiger partial charge in [0.2, 0.25) is 0 Å². The summed E-state index contributed by atoms with van der Waals surface area (Å²) < 4.78 is 18.0. The van der Waals surface area contributed by atoms with Crippen molar-refractivity contribution in [3.63, 3.8) is 0 Å². The van der Waals surface area contributed by atoms with Gasteiger partial charge in [0, 0.05) is 0 Å². The van der Waals surface area contributed by atoms with Gasteiger partial charge in [0.15, 0.2) is 0 Å². The zero-order chi connectivity index (χ0) is 27.6. The molecule has 0 N–H and O–H groups in total. The summed E-state index contributed by atoms with van der Waals surface area (Å²) in [6.45, 7) is 5.34. The maximum Gasteiger partial charge on any atom is 0.463 e. The van der Waals surface area contributed by atoms with E-state index in [4.69, 9.17) is 13.6 Å². The zero-order valence-corrected chi connectivity index (χ0v) is 26.1. The first-order valence-corrected chi connectivity index (χ1v) is 17.2. The number of hydrogen-bond acceptors (Lipinski definition) is 3. The fourth-order valence-corrected chi connectivity index (χ4v) is 5.84. The molecule has 0 heterocycles. The molecule has 0 fully saturated rings.